The maximum Gasteiger partial charge on any atom is 0.255 e. The molecule has 144 valence electrons. The smallest absolute Gasteiger partial charge is 0.255 e. The molecule has 0 aliphatic rings. The van der Waals surface area contributed by atoms with Gasteiger partial charge in [0, 0.05) is 11.3 Å². The molecule has 0 spiro atoms. The minimum atomic E-state index is -0.153. The van der Waals surface area contributed by atoms with E-state index in [0.717, 1.165) is 22.2 Å². The van der Waals surface area contributed by atoms with Crippen LogP contribution in [-0.4, -0.2) is 19.1 Å². The van der Waals surface area contributed by atoms with E-state index in [0.29, 0.717) is 24.5 Å². The van der Waals surface area contributed by atoms with Crippen molar-refractivity contribution in [3.05, 3.63) is 103 Å². The molecule has 0 heterocycles. The fraction of sp³-hybridized carbons (Fsp3) is 0.0800. The van der Waals surface area contributed by atoms with Crippen LogP contribution in [0.5, 0.6) is 11.5 Å². The van der Waals surface area contributed by atoms with Crippen molar-refractivity contribution in [1.29, 1.82) is 0 Å². The van der Waals surface area contributed by atoms with Gasteiger partial charge in [0.15, 0.2) is 0 Å². The summed E-state index contributed by atoms with van der Waals surface area (Å²) in [4.78, 5) is 12.5. The van der Waals surface area contributed by atoms with Crippen molar-refractivity contribution >= 4 is 22.4 Å². The Kier molecular flexibility index (Phi) is 5.72. The highest BCUT2D eigenvalue weighted by Gasteiger charge is 2.07. The van der Waals surface area contributed by atoms with E-state index in [1.54, 1.807) is 24.3 Å². The fourth-order valence-electron chi connectivity index (χ4n) is 3.01. The maximum atomic E-state index is 12.5. The van der Waals surface area contributed by atoms with Gasteiger partial charge in [-0.3, -0.25) is 4.79 Å². The maximum absolute atomic E-state index is 12.5. The van der Waals surface area contributed by atoms with E-state index in [2.05, 4.69) is 5.32 Å². The highest BCUT2D eigenvalue weighted by Crippen LogP contribution is 2.20. The van der Waals surface area contributed by atoms with Crippen LogP contribution in [0, 0.1) is 0 Å². The van der Waals surface area contributed by atoms with E-state index in [-0.39, 0.29) is 5.91 Å². The Balaban J connectivity index is 1.30. The van der Waals surface area contributed by atoms with E-state index in [9.17, 15) is 4.79 Å². The zero-order valence-electron chi connectivity index (χ0n) is 15.9. The lowest BCUT2D eigenvalue weighted by Crippen LogP contribution is -2.12. The summed E-state index contributed by atoms with van der Waals surface area (Å²) < 4.78 is 11.3. The van der Waals surface area contributed by atoms with Crippen molar-refractivity contribution in [2.45, 2.75) is 0 Å². The molecule has 0 radical (unpaired) electrons. The minimum Gasteiger partial charge on any atom is -0.490 e. The molecule has 0 fully saturated rings. The van der Waals surface area contributed by atoms with Crippen LogP contribution in [-0.2, 0) is 0 Å². The van der Waals surface area contributed by atoms with Crippen LogP contribution >= 0.6 is 0 Å². The first-order valence-electron chi connectivity index (χ1n) is 9.49. The monoisotopic (exact) mass is 383 g/mol. The van der Waals surface area contributed by atoms with Crippen LogP contribution in [0.2, 0.25) is 0 Å². The lowest BCUT2D eigenvalue weighted by Gasteiger charge is -2.09. The number of hydrogen-bond acceptors (Lipinski definition) is 3. The van der Waals surface area contributed by atoms with Crippen LogP contribution in [0.25, 0.3) is 10.8 Å². The van der Waals surface area contributed by atoms with Gasteiger partial charge in [-0.1, -0.05) is 48.5 Å². The fourth-order valence-corrected chi connectivity index (χ4v) is 3.01. The zero-order valence-corrected chi connectivity index (χ0v) is 15.9. The number of fused-ring (bicyclic) bond motifs is 1. The van der Waals surface area contributed by atoms with Crippen molar-refractivity contribution in [3.8, 4) is 11.5 Å². The predicted molar refractivity (Wildman–Crippen MR) is 116 cm³/mol. The van der Waals surface area contributed by atoms with Gasteiger partial charge in [0.1, 0.15) is 24.7 Å². The summed E-state index contributed by atoms with van der Waals surface area (Å²) in [5.41, 5.74) is 1.35. The Labute approximate surface area is 169 Å². The van der Waals surface area contributed by atoms with E-state index >= 15 is 0 Å². The van der Waals surface area contributed by atoms with Crippen molar-refractivity contribution in [1.82, 2.24) is 0 Å². The number of rotatable bonds is 7. The molecule has 4 aromatic carbocycles. The number of amides is 1. The Morgan fingerprint density at radius 2 is 1.28 bits per heavy atom. The molecular formula is C25H21NO3. The predicted octanol–water partition coefficient (Wildman–Crippen LogP) is 5.55. The van der Waals surface area contributed by atoms with Gasteiger partial charge in [0.05, 0.1) is 0 Å². The molecule has 4 rings (SSSR count). The van der Waals surface area contributed by atoms with E-state index in [1.807, 2.05) is 72.8 Å². The van der Waals surface area contributed by atoms with E-state index < -0.39 is 0 Å². The van der Waals surface area contributed by atoms with Crippen LogP contribution in [0.4, 0.5) is 5.69 Å². The molecule has 4 nitrogen and oxygen atoms in total. The van der Waals surface area contributed by atoms with Gasteiger partial charge in [-0.2, -0.15) is 0 Å². The van der Waals surface area contributed by atoms with Gasteiger partial charge in [0.25, 0.3) is 5.91 Å². The van der Waals surface area contributed by atoms with Gasteiger partial charge in [-0.15, -0.1) is 0 Å². The van der Waals surface area contributed by atoms with Gasteiger partial charge < -0.3 is 14.8 Å². The zero-order chi connectivity index (χ0) is 19.9. The molecule has 0 unspecified atom stereocenters. The van der Waals surface area contributed by atoms with Crippen LogP contribution in [0.15, 0.2) is 97.1 Å². The van der Waals surface area contributed by atoms with Crippen molar-refractivity contribution in [2.24, 2.45) is 0 Å². The summed E-state index contributed by atoms with van der Waals surface area (Å²) in [6.07, 6.45) is 0. The third-order valence-corrected chi connectivity index (χ3v) is 4.49. The minimum absolute atomic E-state index is 0.153. The molecular weight excluding hydrogens is 362 g/mol. The molecule has 0 aromatic heterocycles. The number of hydrogen-bond donors (Lipinski definition) is 1. The Bertz CT molecular complexity index is 1090. The lowest BCUT2D eigenvalue weighted by atomic mass is 10.1. The quantitative estimate of drug-likeness (QED) is 0.426. The number of ether oxygens (including phenoxy) is 2. The molecule has 1 N–H and O–H groups in total. The number of para-hydroxylation sites is 1. The van der Waals surface area contributed by atoms with Gasteiger partial charge >= 0.3 is 0 Å². The molecule has 1 amide bonds. The van der Waals surface area contributed by atoms with E-state index in [4.69, 9.17) is 9.47 Å². The second-order valence-electron chi connectivity index (χ2n) is 6.55. The molecule has 0 aliphatic heterocycles. The van der Waals surface area contributed by atoms with Gasteiger partial charge in [0.2, 0.25) is 0 Å². The van der Waals surface area contributed by atoms with Crippen molar-refractivity contribution in [3.63, 3.8) is 0 Å². The first-order valence-corrected chi connectivity index (χ1v) is 9.49. The number of anilines is 1. The Morgan fingerprint density at radius 3 is 2.00 bits per heavy atom. The summed E-state index contributed by atoms with van der Waals surface area (Å²) in [5.74, 6) is 1.36. The van der Waals surface area contributed by atoms with Crippen LogP contribution in [0.1, 0.15) is 10.4 Å². The van der Waals surface area contributed by atoms with E-state index in [1.165, 1.54) is 0 Å². The lowest BCUT2D eigenvalue weighted by molar-refractivity contribution is 0.102. The third-order valence-electron chi connectivity index (χ3n) is 4.49. The standard InChI is InChI=1S/C25H21NO3/c27-25(26-22-13-10-19-6-4-5-7-21(19)18-22)20-11-14-24(15-12-20)29-17-16-28-23-8-2-1-3-9-23/h1-15,18H,16-17H2,(H,26,27). The third kappa shape index (κ3) is 4.93. The largest absolute Gasteiger partial charge is 0.490 e. The number of benzene rings is 4. The number of nitrogens with one attached hydrogen (secondary N) is 1. The summed E-state index contributed by atoms with van der Waals surface area (Å²) >= 11 is 0. The summed E-state index contributed by atoms with van der Waals surface area (Å²) in [5, 5.41) is 5.17. The van der Waals surface area contributed by atoms with Crippen molar-refractivity contribution in [2.75, 3.05) is 18.5 Å². The second kappa shape index (κ2) is 8.93. The molecule has 0 aliphatic carbocycles. The number of carbonyl (C=O) groups is 1. The molecule has 0 bridgehead atoms. The SMILES string of the molecule is O=C(Nc1ccc2ccccc2c1)c1ccc(OCCOc2ccccc2)cc1. The van der Waals surface area contributed by atoms with Gasteiger partial charge in [-0.05, 0) is 59.3 Å². The normalized spacial score (nSPS) is 10.5. The molecule has 0 saturated carbocycles. The first-order chi connectivity index (χ1) is 14.3. The molecule has 0 atom stereocenters. The van der Waals surface area contributed by atoms with Crippen LogP contribution < -0.4 is 14.8 Å². The number of carbonyl (C=O) groups excluding carboxylic acids is 1. The second-order valence-corrected chi connectivity index (χ2v) is 6.55. The molecule has 29 heavy (non-hydrogen) atoms. The average Bonchev–Trinajstić information content (AvgIpc) is 2.78. The molecule has 0 saturated heterocycles. The summed E-state index contributed by atoms with van der Waals surface area (Å²) in [6.45, 7) is 0.881. The van der Waals surface area contributed by atoms with Crippen LogP contribution in [0.3, 0.4) is 0 Å². The van der Waals surface area contributed by atoms with Gasteiger partial charge in [-0.25, -0.2) is 0 Å². The summed E-state index contributed by atoms with van der Waals surface area (Å²) in [7, 11) is 0. The average molecular weight is 383 g/mol. The topological polar surface area (TPSA) is 47.6 Å². The molecule has 4 aromatic rings. The Morgan fingerprint density at radius 1 is 0.655 bits per heavy atom. The first kappa shape index (κ1) is 18.6. The molecule has 4 heteroatoms. The Hall–Kier alpha value is -3.79. The van der Waals surface area contributed by atoms with Crippen molar-refractivity contribution < 1.29 is 14.3 Å². The summed E-state index contributed by atoms with van der Waals surface area (Å²) in [6, 6.07) is 30.6. The highest BCUT2D eigenvalue weighted by atomic mass is 16.5. The highest BCUT2D eigenvalue weighted by molar-refractivity contribution is 6.05.